The number of hydrogen-bond acceptors (Lipinski definition) is 9. The Bertz CT molecular complexity index is 1450. The number of likely N-dealkylation sites (N-methyl/N-ethyl adjacent to an activating group) is 1. The number of ketones is 1. The van der Waals surface area contributed by atoms with Gasteiger partial charge >= 0.3 is 19.8 Å². The monoisotopic (exact) mass is 895 g/mol. The number of ether oxygens (including phenoxy) is 2. The van der Waals surface area contributed by atoms with Gasteiger partial charge in [-0.15, -0.1) is 0 Å². The number of rotatable bonds is 41. The van der Waals surface area contributed by atoms with Crippen LogP contribution in [0.25, 0.3) is 0 Å². The average molecular weight is 895 g/mol. The molecule has 62 heavy (non-hydrogen) atoms. The molecule has 0 bridgehead atoms. The molecule has 1 N–H and O–H groups in total. The van der Waals surface area contributed by atoms with Crippen molar-refractivity contribution >= 4 is 25.5 Å². The van der Waals surface area contributed by atoms with E-state index in [9.17, 15) is 23.8 Å². The van der Waals surface area contributed by atoms with Crippen molar-refractivity contribution in [3.63, 3.8) is 0 Å². The van der Waals surface area contributed by atoms with Crippen LogP contribution in [-0.4, -0.2) is 80.7 Å². The van der Waals surface area contributed by atoms with E-state index in [1.165, 1.54) is 99.7 Å². The average Bonchev–Trinajstić information content (AvgIpc) is 3.48. The summed E-state index contributed by atoms with van der Waals surface area (Å²) in [6, 6.07) is 0. The lowest BCUT2D eigenvalue weighted by Gasteiger charge is -2.24. The van der Waals surface area contributed by atoms with Gasteiger partial charge in [0.1, 0.15) is 31.3 Å². The molecule has 2 atom stereocenters. The molecule has 0 spiro atoms. The van der Waals surface area contributed by atoms with E-state index in [4.69, 9.17) is 22.9 Å². The largest absolute Gasteiger partial charge is 0.472 e. The molecule has 0 aliphatic rings. The summed E-state index contributed by atoms with van der Waals surface area (Å²) < 4.78 is 40.6. The second kappa shape index (κ2) is 35.7. The number of hydrogen-bond donors (Lipinski definition) is 1. The predicted octanol–water partition coefficient (Wildman–Crippen LogP) is 12.8. The molecule has 1 heterocycles. The van der Waals surface area contributed by atoms with Gasteiger partial charge in [-0.25, -0.2) is 4.57 Å². The van der Waals surface area contributed by atoms with E-state index in [1.54, 1.807) is 6.08 Å². The molecule has 1 rings (SSSR count). The number of quaternary nitrogens is 1. The molecule has 1 aromatic heterocycles. The fraction of sp³-hybridized carbons (Fsp3) is 0.780. The third-order valence-electron chi connectivity index (χ3n) is 11.2. The zero-order chi connectivity index (χ0) is 45.9. The third-order valence-corrected chi connectivity index (χ3v) is 12.1. The van der Waals surface area contributed by atoms with E-state index < -0.39 is 32.5 Å². The highest BCUT2D eigenvalue weighted by Crippen LogP contribution is 2.43. The highest BCUT2D eigenvalue weighted by atomic mass is 31.2. The number of carbonyl (C=O) groups is 3. The summed E-state index contributed by atoms with van der Waals surface area (Å²) >= 11 is 0. The summed E-state index contributed by atoms with van der Waals surface area (Å²) in [4.78, 5) is 47.6. The Hall–Kier alpha value is -2.56. The number of nitrogens with zero attached hydrogens (tertiary/aromatic N) is 1. The molecule has 358 valence electrons. The minimum atomic E-state index is -4.42. The lowest BCUT2D eigenvalue weighted by Crippen LogP contribution is -2.37. The Labute approximate surface area is 377 Å². The fourth-order valence-corrected chi connectivity index (χ4v) is 7.74. The number of phosphoric ester groups is 1. The first kappa shape index (κ1) is 57.5. The normalized spacial score (nSPS) is 13.5. The van der Waals surface area contributed by atoms with Gasteiger partial charge in [-0.05, 0) is 76.0 Å². The second-order valence-electron chi connectivity index (χ2n) is 18.1. The van der Waals surface area contributed by atoms with Crippen molar-refractivity contribution in [2.24, 2.45) is 0 Å². The number of allylic oxidation sites excluding steroid dienone is 4. The maximum atomic E-state index is 12.7. The summed E-state index contributed by atoms with van der Waals surface area (Å²) in [7, 11) is 1.39. The minimum absolute atomic E-state index is 0.00474. The van der Waals surface area contributed by atoms with Crippen LogP contribution in [0.5, 0.6) is 0 Å². The number of esters is 2. The SMILES string of the molecule is CCCCC/C=C\C=C\C(=O)CCCCCCCC(=O)O[C@H](COC(=O)CCCCCCCCCCCCc1oc(CCCCC)c(C)c1C)COP(=O)(O)OCC[N+](C)(C)C. The van der Waals surface area contributed by atoms with Crippen LogP contribution >= 0.6 is 7.82 Å². The molecule has 0 amide bonds. The molecular weight excluding hydrogens is 806 g/mol. The Morgan fingerprint density at radius 3 is 1.71 bits per heavy atom. The smallest absolute Gasteiger partial charge is 0.466 e. The molecule has 0 aromatic carbocycles. The maximum Gasteiger partial charge on any atom is 0.472 e. The topological polar surface area (TPSA) is 139 Å². The van der Waals surface area contributed by atoms with Crippen LogP contribution < -0.4 is 0 Å². The van der Waals surface area contributed by atoms with E-state index in [1.807, 2.05) is 33.3 Å². The Balaban J connectivity index is 2.33. The number of unbranched alkanes of at least 4 members (excludes halogenated alkanes) is 18. The van der Waals surface area contributed by atoms with Gasteiger partial charge in [0, 0.05) is 32.1 Å². The molecule has 0 aliphatic heterocycles. The number of carbonyl (C=O) groups excluding carboxylic acids is 3. The highest BCUT2D eigenvalue weighted by molar-refractivity contribution is 7.47. The molecule has 0 fully saturated rings. The Morgan fingerprint density at radius 1 is 0.645 bits per heavy atom. The van der Waals surface area contributed by atoms with Gasteiger partial charge < -0.3 is 23.3 Å². The van der Waals surface area contributed by atoms with E-state index in [-0.39, 0.29) is 31.8 Å². The number of furan rings is 1. The van der Waals surface area contributed by atoms with Crippen molar-refractivity contribution in [3.05, 3.63) is 47.0 Å². The van der Waals surface area contributed by atoms with Crippen LogP contribution in [0.3, 0.4) is 0 Å². The first-order valence-electron chi connectivity index (χ1n) is 24.4. The zero-order valence-corrected chi connectivity index (χ0v) is 41.2. The van der Waals surface area contributed by atoms with Crippen LogP contribution in [-0.2, 0) is 50.3 Å². The molecule has 11 nitrogen and oxygen atoms in total. The van der Waals surface area contributed by atoms with Crippen molar-refractivity contribution < 1.29 is 51.3 Å². The molecule has 0 radical (unpaired) electrons. The summed E-state index contributed by atoms with van der Waals surface area (Å²) in [6.07, 6.45) is 32.9. The summed E-state index contributed by atoms with van der Waals surface area (Å²) in [6.45, 7) is 8.58. The van der Waals surface area contributed by atoms with Crippen molar-refractivity contribution in [1.82, 2.24) is 0 Å². The molecule has 0 saturated carbocycles. The van der Waals surface area contributed by atoms with Crippen molar-refractivity contribution in [2.45, 2.75) is 207 Å². The van der Waals surface area contributed by atoms with Crippen molar-refractivity contribution in [3.8, 4) is 0 Å². The first-order valence-corrected chi connectivity index (χ1v) is 25.9. The third kappa shape index (κ3) is 32.2. The Kier molecular flexibility index (Phi) is 33.1. The molecular formula is C50H89NO10P+. The van der Waals surface area contributed by atoms with E-state index in [0.29, 0.717) is 30.3 Å². The summed E-state index contributed by atoms with van der Waals surface area (Å²) in [5.41, 5.74) is 2.69. The number of phosphoric acid groups is 1. The minimum Gasteiger partial charge on any atom is -0.466 e. The van der Waals surface area contributed by atoms with Crippen molar-refractivity contribution in [2.75, 3.05) is 47.5 Å². The van der Waals surface area contributed by atoms with Gasteiger partial charge in [-0.1, -0.05) is 128 Å². The maximum absolute atomic E-state index is 12.7. The van der Waals surface area contributed by atoms with Gasteiger partial charge in [0.15, 0.2) is 11.9 Å². The lowest BCUT2D eigenvalue weighted by molar-refractivity contribution is -0.870. The molecule has 0 aliphatic carbocycles. The van der Waals surface area contributed by atoms with Gasteiger partial charge in [0.2, 0.25) is 0 Å². The van der Waals surface area contributed by atoms with Crippen LogP contribution in [0.4, 0.5) is 0 Å². The van der Waals surface area contributed by atoms with Crippen LogP contribution in [0.1, 0.15) is 197 Å². The van der Waals surface area contributed by atoms with Gasteiger partial charge in [0.25, 0.3) is 0 Å². The van der Waals surface area contributed by atoms with Crippen LogP contribution in [0.2, 0.25) is 0 Å². The zero-order valence-electron chi connectivity index (χ0n) is 40.3. The quantitative estimate of drug-likeness (QED) is 0.0169. The predicted molar refractivity (Wildman–Crippen MR) is 251 cm³/mol. The fourth-order valence-electron chi connectivity index (χ4n) is 7.00. The lowest BCUT2D eigenvalue weighted by atomic mass is 10.0. The highest BCUT2D eigenvalue weighted by Gasteiger charge is 2.27. The second-order valence-corrected chi connectivity index (χ2v) is 19.6. The first-order chi connectivity index (χ1) is 29.7. The summed E-state index contributed by atoms with van der Waals surface area (Å²) in [5.74, 6) is 1.58. The standard InChI is InChI=1S/C50H88NO10P/c1-8-10-12-13-18-22-28-33-45(52)34-29-23-21-26-32-38-50(54)60-46(42-59-62(55,56)58-40-39-51(5,6)7)41-57-49(53)37-31-25-20-17-15-14-16-19-24-30-36-48-44(4)43(3)47(61-48)35-27-11-9-2/h18,22,28,33,46H,8-17,19-21,23-27,29-32,34-42H2,1-7H3/p+1/b22-18-,33-28+/t46-/m1/s1. The number of aryl methyl sites for hydroxylation is 2. The van der Waals surface area contributed by atoms with E-state index in [0.717, 1.165) is 64.2 Å². The van der Waals surface area contributed by atoms with Gasteiger partial charge in [-0.3, -0.25) is 23.4 Å². The van der Waals surface area contributed by atoms with Crippen molar-refractivity contribution in [1.29, 1.82) is 0 Å². The molecule has 12 heteroatoms. The Morgan fingerprint density at radius 2 is 1.15 bits per heavy atom. The van der Waals surface area contributed by atoms with Crippen LogP contribution in [0.15, 0.2) is 28.7 Å². The van der Waals surface area contributed by atoms with E-state index in [2.05, 4.69) is 33.8 Å². The van der Waals surface area contributed by atoms with Crippen LogP contribution in [0, 0.1) is 13.8 Å². The molecule has 1 unspecified atom stereocenters. The molecule has 0 saturated heterocycles. The summed E-state index contributed by atoms with van der Waals surface area (Å²) in [5, 5.41) is 0. The molecule has 1 aromatic rings. The van der Waals surface area contributed by atoms with Gasteiger partial charge in [-0.2, -0.15) is 0 Å². The van der Waals surface area contributed by atoms with Gasteiger partial charge in [0.05, 0.1) is 27.7 Å². The van der Waals surface area contributed by atoms with E-state index >= 15 is 0 Å².